The highest BCUT2D eigenvalue weighted by atomic mass is 16.2. The van der Waals surface area contributed by atoms with E-state index in [9.17, 15) is 9.59 Å². The van der Waals surface area contributed by atoms with Crippen LogP contribution >= 0.6 is 0 Å². The number of nitrogens with one attached hydrogen (secondary N) is 1. The largest absolute Gasteiger partial charge is 0.356 e. The second kappa shape index (κ2) is 8.38. The van der Waals surface area contributed by atoms with Gasteiger partial charge in [0, 0.05) is 31.1 Å². The van der Waals surface area contributed by atoms with Crippen LogP contribution < -0.4 is 5.32 Å². The van der Waals surface area contributed by atoms with Crippen molar-refractivity contribution in [2.75, 3.05) is 19.6 Å². The minimum Gasteiger partial charge on any atom is -0.356 e. The van der Waals surface area contributed by atoms with E-state index in [0.717, 1.165) is 5.56 Å². The van der Waals surface area contributed by atoms with Gasteiger partial charge in [0.1, 0.15) is 0 Å². The van der Waals surface area contributed by atoms with Crippen LogP contribution in [0.15, 0.2) is 54.6 Å². The first-order valence-electron chi connectivity index (χ1n) is 9.64. The van der Waals surface area contributed by atoms with E-state index in [0.29, 0.717) is 31.1 Å². The molecule has 0 spiro atoms. The van der Waals surface area contributed by atoms with E-state index in [4.69, 9.17) is 0 Å². The van der Waals surface area contributed by atoms with Crippen LogP contribution in [0.5, 0.6) is 0 Å². The molecule has 3 rings (SSSR count). The number of rotatable bonds is 5. The lowest BCUT2D eigenvalue weighted by molar-refractivity contribution is -0.125. The Morgan fingerprint density at radius 1 is 1.04 bits per heavy atom. The van der Waals surface area contributed by atoms with Gasteiger partial charge in [0.05, 0.1) is 5.92 Å². The van der Waals surface area contributed by atoms with Crippen molar-refractivity contribution in [3.8, 4) is 0 Å². The Labute approximate surface area is 161 Å². The van der Waals surface area contributed by atoms with Crippen molar-refractivity contribution in [1.29, 1.82) is 0 Å². The normalized spacial score (nSPS) is 19.3. The molecule has 1 heterocycles. The molecule has 0 bridgehead atoms. The van der Waals surface area contributed by atoms with Gasteiger partial charge in [-0.2, -0.15) is 0 Å². The summed E-state index contributed by atoms with van der Waals surface area (Å²) in [6, 6.07) is 17.6. The number of carbonyl (C=O) groups excluding carboxylic acids is 2. The van der Waals surface area contributed by atoms with Gasteiger partial charge in [0.25, 0.3) is 5.91 Å². The van der Waals surface area contributed by atoms with Crippen molar-refractivity contribution in [2.24, 2.45) is 11.8 Å². The van der Waals surface area contributed by atoms with Crippen molar-refractivity contribution in [2.45, 2.75) is 26.7 Å². The Balaban J connectivity index is 1.82. The Kier molecular flexibility index (Phi) is 5.94. The summed E-state index contributed by atoms with van der Waals surface area (Å²) in [6.45, 7) is 7.89. The molecule has 2 aromatic rings. The van der Waals surface area contributed by atoms with Gasteiger partial charge in [-0.3, -0.25) is 9.59 Å². The molecular weight excluding hydrogens is 336 g/mol. The van der Waals surface area contributed by atoms with Crippen LogP contribution in [-0.2, 0) is 4.79 Å². The smallest absolute Gasteiger partial charge is 0.253 e. The summed E-state index contributed by atoms with van der Waals surface area (Å²) in [5, 5.41) is 3.06. The molecule has 2 amide bonds. The highest BCUT2D eigenvalue weighted by Gasteiger charge is 2.40. The van der Waals surface area contributed by atoms with Crippen LogP contribution in [0.25, 0.3) is 0 Å². The first-order chi connectivity index (χ1) is 13.0. The van der Waals surface area contributed by atoms with E-state index >= 15 is 0 Å². The summed E-state index contributed by atoms with van der Waals surface area (Å²) >= 11 is 0. The van der Waals surface area contributed by atoms with E-state index in [-0.39, 0.29) is 23.7 Å². The molecule has 0 aromatic heterocycles. The van der Waals surface area contributed by atoms with Gasteiger partial charge in [0.15, 0.2) is 0 Å². The fourth-order valence-corrected chi connectivity index (χ4v) is 3.59. The van der Waals surface area contributed by atoms with Gasteiger partial charge < -0.3 is 10.2 Å². The monoisotopic (exact) mass is 364 g/mol. The second-order valence-corrected chi connectivity index (χ2v) is 7.84. The lowest BCUT2D eigenvalue weighted by Crippen LogP contribution is -2.37. The molecule has 0 unspecified atom stereocenters. The third-order valence-corrected chi connectivity index (χ3v) is 5.15. The molecule has 27 heavy (non-hydrogen) atoms. The van der Waals surface area contributed by atoms with Crippen LogP contribution in [0.4, 0.5) is 0 Å². The van der Waals surface area contributed by atoms with Gasteiger partial charge in [-0.25, -0.2) is 0 Å². The molecule has 1 aliphatic rings. The zero-order chi connectivity index (χ0) is 19.4. The third-order valence-electron chi connectivity index (χ3n) is 5.15. The fraction of sp³-hybridized carbons (Fsp3) is 0.391. The van der Waals surface area contributed by atoms with Crippen molar-refractivity contribution < 1.29 is 9.59 Å². The Morgan fingerprint density at radius 2 is 1.70 bits per heavy atom. The Bertz CT molecular complexity index is 784. The molecule has 2 aromatic carbocycles. The molecule has 1 N–H and O–H groups in total. The standard InChI is InChI=1S/C23H28N2O2/c1-16(2)13-24-22(26)21-15-25(23(27)19-7-5-4-6-8-19)14-20(21)18-11-9-17(3)10-12-18/h4-12,16,20-21H,13-15H2,1-3H3,(H,24,26)/t20-,21-/m1/s1. The molecule has 4 heteroatoms. The minimum absolute atomic E-state index is 0.00753. The van der Waals surface area contributed by atoms with Crippen molar-refractivity contribution in [1.82, 2.24) is 10.2 Å². The molecule has 0 saturated carbocycles. The first-order valence-corrected chi connectivity index (χ1v) is 9.64. The number of nitrogens with zero attached hydrogens (tertiary/aromatic N) is 1. The molecule has 2 atom stereocenters. The van der Waals surface area contributed by atoms with Crippen LogP contribution in [0.3, 0.4) is 0 Å². The lowest BCUT2D eigenvalue weighted by atomic mass is 9.88. The molecule has 4 nitrogen and oxygen atoms in total. The van der Waals surface area contributed by atoms with E-state index in [1.807, 2.05) is 35.2 Å². The fourth-order valence-electron chi connectivity index (χ4n) is 3.59. The summed E-state index contributed by atoms with van der Waals surface area (Å²) in [6.07, 6.45) is 0. The average molecular weight is 364 g/mol. The van der Waals surface area contributed by atoms with Crippen molar-refractivity contribution in [3.05, 3.63) is 71.3 Å². The van der Waals surface area contributed by atoms with E-state index < -0.39 is 0 Å². The molecule has 1 saturated heterocycles. The first kappa shape index (κ1) is 19.2. The average Bonchev–Trinajstić information content (AvgIpc) is 3.12. The predicted molar refractivity (Wildman–Crippen MR) is 108 cm³/mol. The quantitative estimate of drug-likeness (QED) is 0.881. The number of hydrogen-bond donors (Lipinski definition) is 1. The molecule has 1 aliphatic heterocycles. The third kappa shape index (κ3) is 4.57. The van der Waals surface area contributed by atoms with Crippen molar-refractivity contribution in [3.63, 3.8) is 0 Å². The van der Waals surface area contributed by atoms with E-state index in [2.05, 4.69) is 50.4 Å². The molecule has 142 valence electrons. The van der Waals surface area contributed by atoms with Crippen molar-refractivity contribution >= 4 is 11.8 Å². The lowest BCUT2D eigenvalue weighted by Gasteiger charge is -2.19. The van der Waals surface area contributed by atoms with Crippen LogP contribution in [0.1, 0.15) is 41.3 Å². The maximum atomic E-state index is 12.9. The van der Waals surface area contributed by atoms with E-state index in [1.165, 1.54) is 5.56 Å². The molecule has 0 aliphatic carbocycles. The number of aryl methyl sites for hydroxylation is 1. The zero-order valence-electron chi connectivity index (χ0n) is 16.3. The SMILES string of the molecule is Cc1ccc([C@H]2CN(C(=O)c3ccccc3)C[C@H]2C(=O)NCC(C)C)cc1. The predicted octanol–water partition coefficient (Wildman–Crippen LogP) is 3.62. The number of hydrogen-bond acceptors (Lipinski definition) is 2. The van der Waals surface area contributed by atoms with Gasteiger partial charge >= 0.3 is 0 Å². The summed E-state index contributed by atoms with van der Waals surface area (Å²) in [5.74, 6) is 0.226. The maximum Gasteiger partial charge on any atom is 0.253 e. The number of benzene rings is 2. The van der Waals surface area contributed by atoms with Crippen LogP contribution in [0, 0.1) is 18.8 Å². The summed E-state index contributed by atoms with van der Waals surface area (Å²) in [4.78, 5) is 27.6. The molecular formula is C23H28N2O2. The maximum absolute atomic E-state index is 12.9. The minimum atomic E-state index is -0.223. The van der Waals surface area contributed by atoms with Gasteiger partial charge in [0.2, 0.25) is 5.91 Å². The summed E-state index contributed by atoms with van der Waals surface area (Å²) in [5.41, 5.74) is 2.98. The van der Waals surface area contributed by atoms with E-state index in [1.54, 1.807) is 0 Å². The Hall–Kier alpha value is -2.62. The summed E-state index contributed by atoms with van der Waals surface area (Å²) in [7, 11) is 0. The molecule has 1 fully saturated rings. The number of amides is 2. The zero-order valence-corrected chi connectivity index (χ0v) is 16.3. The van der Waals surface area contributed by atoms with Gasteiger partial charge in [-0.15, -0.1) is 0 Å². The highest BCUT2D eigenvalue weighted by Crippen LogP contribution is 2.34. The summed E-state index contributed by atoms with van der Waals surface area (Å²) < 4.78 is 0. The number of carbonyl (C=O) groups is 2. The molecule has 0 radical (unpaired) electrons. The Morgan fingerprint density at radius 3 is 2.33 bits per heavy atom. The van der Waals surface area contributed by atoms with Crippen LogP contribution in [-0.4, -0.2) is 36.3 Å². The van der Waals surface area contributed by atoms with Gasteiger partial charge in [-0.1, -0.05) is 61.9 Å². The topological polar surface area (TPSA) is 49.4 Å². The van der Waals surface area contributed by atoms with Gasteiger partial charge in [-0.05, 0) is 30.5 Å². The second-order valence-electron chi connectivity index (χ2n) is 7.84. The highest BCUT2D eigenvalue weighted by molar-refractivity contribution is 5.95. The number of likely N-dealkylation sites (tertiary alicyclic amines) is 1. The van der Waals surface area contributed by atoms with Crippen LogP contribution in [0.2, 0.25) is 0 Å².